The average molecular weight is 544 g/mol. The molecule has 0 spiro atoms. The summed E-state index contributed by atoms with van der Waals surface area (Å²) in [5, 5.41) is 20.8. The van der Waals surface area contributed by atoms with Crippen molar-refractivity contribution in [3.05, 3.63) is 108 Å². The van der Waals surface area contributed by atoms with Crippen LogP contribution in [0.4, 0.5) is 0 Å². The lowest BCUT2D eigenvalue weighted by molar-refractivity contribution is 0.221. The Balaban J connectivity index is 1.29. The summed E-state index contributed by atoms with van der Waals surface area (Å²) in [6.07, 6.45) is 0. The third-order valence-electron chi connectivity index (χ3n) is 6.61. The van der Waals surface area contributed by atoms with E-state index in [0.29, 0.717) is 12.3 Å². The topological polar surface area (TPSA) is 98.0 Å². The summed E-state index contributed by atoms with van der Waals surface area (Å²) in [7, 11) is -3.83. The predicted octanol–water partition coefficient (Wildman–Crippen LogP) is 6.17. The molecule has 200 valence electrons. The predicted molar refractivity (Wildman–Crippen MR) is 151 cm³/mol. The molecule has 0 saturated carbocycles. The largest absolute Gasteiger partial charge is 0.508 e. The molecule has 0 amide bonds. The number of nitrogens with zero attached hydrogens (tertiary/aromatic N) is 1. The number of aromatic hydroxyl groups is 2. The number of hydrogen-bond donors (Lipinski definition) is 2. The minimum absolute atomic E-state index is 0.0837. The second-order valence-electron chi connectivity index (χ2n) is 9.39. The van der Waals surface area contributed by atoms with Gasteiger partial charge in [-0.2, -0.15) is 8.42 Å². The summed E-state index contributed by atoms with van der Waals surface area (Å²) in [4.78, 5) is 0.118. The van der Waals surface area contributed by atoms with Crippen LogP contribution in [-0.4, -0.2) is 36.4 Å². The smallest absolute Gasteiger partial charge is 0.297 e. The number of ether oxygens (including phenoxy) is 1. The zero-order valence-corrected chi connectivity index (χ0v) is 22.5. The summed E-state index contributed by atoms with van der Waals surface area (Å²) >= 11 is 0. The second-order valence-corrected chi connectivity index (χ2v) is 11.0. The zero-order chi connectivity index (χ0) is 27.6. The minimum atomic E-state index is -3.83. The van der Waals surface area contributed by atoms with Gasteiger partial charge in [0.2, 0.25) is 0 Å². The van der Waals surface area contributed by atoms with Crippen LogP contribution in [-0.2, 0) is 20.8 Å². The van der Waals surface area contributed by atoms with Crippen LogP contribution in [0.5, 0.6) is 17.2 Å². The Morgan fingerprint density at radius 3 is 2.13 bits per heavy atom. The number of phenolic OH excluding ortho intramolecular Hbond substituents is 2. The fourth-order valence-corrected chi connectivity index (χ4v) is 5.51. The molecule has 4 aromatic carbocycles. The van der Waals surface area contributed by atoms with Crippen molar-refractivity contribution in [3.8, 4) is 28.5 Å². The van der Waals surface area contributed by atoms with E-state index >= 15 is 0 Å². The maximum absolute atomic E-state index is 12.3. The minimum Gasteiger partial charge on any atom is -0.508 e. The Labute approximate surface area is 227 Å². The summed E-state index contributed by atoms with van der Waals surface area (Å²) in [5.74, 6) is 1.01. The molecule has 0 aliphatic heterocycles. The van der Waals surface area contributed by atoms with Crippen molar-refractivity contribution in [2.45, 2.75) is 25.3 Å². The molecule has 0 unspecified atom stereocenters. The molecule has 0 aliphatic carbocycles. The van der Waals surface area contributed by atoms with Gasteiger partial charge in [-0.3, -0.25) is 4.18 Å². The van der Waals surface area contributed by atoms with Gasteiger partial charge in [0.05, 0.1) is 10.6 Å². The van der Waals surface area contributed by atoms with Gasteiger partial charge in [-0.1, -0.05) is 29.8 Å². The first-order chi connectivity index (χ1) is 18.7. The first kappa shape index (κ1) is 26.3. The maximum Gasteiger partial charge on any atom is 0.297 e. The van der Waals surface area contributed by atoms with E-state index in [0.717, 1.165) is 38.9 Å². The molecule has 5 aromatic rings. The Morgan fingerprint density at radius 2 is 1.44 bits per heavy atom. The van der Waals surface area contributed by atoms with Crippen molar-refractivity contribution >= 4 is 21.0 Å². The van der Waals surface area contributed by atoms with Gasteiger partial charge in [-0.25, -0.2) is 0 Å². The van der Waals surface area contributed by atoms with Gasteiger partial charge in [0.1, 0.15) is 30.5 Å². The lowest BCUT2D eigenvalue weighted by Crippen LogP contribution is -2.13. The Bertz CT molecular complexity index is 1710. The number of hydrogen-bond acceptors (Lipinski definition) is 6. The van der Waals surface area contributed by atoms with E-state index in [-0.39, 0.29) is 29.6 Å². The summed E-state index contributed by atoms with van der Waals surface area (Å²) < 4.78 is 37.7. The highest BCUT2D eigenvalue weighted by Gasteiger charge is 2.17. The van der Waals surface area contributed by atoms with Gasteiger partial charge in [0.15, 0.2) is 0 Å². The van der Waals surface area contributed by atoms with Gasteiger partial charge < -0.3 is 19.5 Å². The monoisotopic (exact) mass is 543 g/mol. The van der Waals surface area contributed by atoms with E-state index < -0.39 is 10.1 Å². The summed E-state index contributed by atoms with van der Waals surface area (Å²) in [6.45, 7) is 4.47. The Kier molecular flexibility index (Phi) is 7.32. The van der Waals surface area contributed by atoms with Crippen LogP contribution >= 0.6 is 0 Å². The van der Waals surface area contributed by atoms with Crippen LogP contribution in [0, 0.1) is 13.8 Å². The zero-order valence-electron chi connectivity index (χ0n) is 21.7. The van der Waals surface area contributed by atoms with Crippen molar-refractivity contribution in [2.75, 3.05) is 13.2 Å². The van der Waals surface area contributed by atoms with E-state index in [1.54, 1.807) is 36.4 Å². The van der Waals surface area contributed by atoms with E-state index in [4.69, 9.17) is 8.92 Å². The highest BCUT2D eigenvalue weighted by molar-refractivity contribution is 7.86. The number of aromatic nitrogens is 1. The molecule has 5 rings (SSSR count). The van der Waals surface area contributed by atoms with Gasteiger partial charge in [-0.05, 0) is 97.3 Å². The van der Waals surface area contributed by atoms with E-state index in [1.165, 1.54) is 12.1 Å². The molecule has 0 fully saturated rings. The number of rotatable bonds is 9. The standard InChI is InChI=1S/C31H29NO6S/c1-21-3-14-28(15-4-21)39(35,36)38-18-17-37-27-12-5-23(6-13-27)20-32-30-16-11-26(34)19-29(30)22(2)31(32)24-7-9-25(33)10-8-24/h3-16,19,33-34H,17-18,20H2,1-2H3. The van der Waals surface area contributed by atoms with Gasteiger partial charge >= 0.3 is 0 Å². The van der Waals surface area contributed by atoms with Crippen LogP contribution in [0.15, 0.2) is 95.9 Å². The molecule has 0 bridgehead atoms. The molecule has 0 radical (unpaired) electrons. The quantitative estimate of drug-likeness (QED) is 0.170. The lowest BCUT2D eigenvalue weighted by Gasteiger charge is -2.13. The molecule has 1 aromatic heterocycles. The van der Waals surface area contributed by atoms with Gasteiger partial charge in [0.25, 0.3) is 10.1 Å². The van der Waals surface area contributed by atoms with E-state index in [9.17, 15) is 18.6 Å². The van der Waals surface area contributed by atoms with Crippen LogP contribution in [0.25, 0.3) is 22.2 Å². The molecule has 8 heteroatoms. The maximum atomic E-state index is 12.3. The average Bonchev–Trinajstić information content (AvgIpc) is 3.18. The Morgan fingerprint density at radius 1 is 0.769 bits per heavy atom. The van der Waals surface area contributed by atoms with Crippen LogP contribution in [0.1, 0.15) is 16.7 Å². The number of phenols is 2. The van der Waals surface area contributed by atoms with Crippen molar-refractivity contribution < 1.29 is 27.6 Å². The van der Waals surface area contributed by atoms with Crippen LogP contribution in [0.3, 0.4) is 0 Å². The van der Waals surface area contributed by atoms with Crippen LogP contribution < -0.4 is 4.74 Å². The molecule has 0 atom stereocenters. The summed E-state index contributed by atoms with van der Waals surface area (Å²) in [5.41, 5.74) is 5.99. The first-order valence-electron chi connectivity index (χ1n) is 12.5. The van der Waals surface area contributed by atoms with Gasteiger partial charge in [0, 0.05) is 17.4 Å². The molecule has 2 N–H and O–H groups in total. The van der Waals surface area contributed by atoms with E-state index in [1.807, 2.05) is 56.3 Å². The molecule has 0 saturated heterocycles. The van der Waals surface area contributed by atoms with Crippen molar-refractivity contribution in [3.63, 3.8) is 0 Å². The SMILES string of the molecule is Cc1ccc(S(=O)(=O)OCCOc2ccc(Cn3c(-c4ccc(O)cc4)c(C)c4cc(O)ccc43)cc2)cc1. The Hall–Kier alpha value is -4.27. The van der Waals surface area contributed by atoms with Crippen molar-refractivity contribution in [2.24, 2.45) is 0 Å². The molecule has 1 heterocycles. The highest BCUT2D eigenvalue weighted by Crippen LogP contribution is 2.36. The van der Waals surface area contributed by atoms with Gasteiger partial charge in [-0.15, -0.1) is 0 Å². The van der Waals surface area contributed by atoms with Crippen LogP contribution in [0.2, 0.25) is 0 Å². The molecule has 7 nitrogen and oxygen atoms in total. The molecule has 0 aliphatic rings. The lowest BCUT2D eigenvalue weighted by atomic mass is 10.1. The fraction of sp³-hybridized carbons (Fsp3) is 0.161. The first-order valence-corrected chi connectivity index (χ1v) is 13.9. The van der Waals surface area contributed by atoms with Crippen molar-refractivity contribution in [1.82, 2.24) is 4.57 Å². The highest BCUT2D eigenvalue weighted by atomic mass is 32.2. The van der Waals surface area contributed by atoms with E-state index in [2.05, 4.69) is 4.57 Å². The van der Waals surface area contributed by atoms with Crippen molar-refractivity contribution in [1.29, 1.82) is 0 Å². The third kappa shape index (κ3) is 5.77. The molecular formula is C31H29NO6S. The number of benzene rings is 4. The molecular weight excluding hydrogens is 514 g/mol. The normalized spacial score (nSPS) is 11.6. The number of fused-ring (bicyclic) bond motifs is 1. The fourth-order valence-electron chi connectivity index (χ4n) is 4.62. The second kappa shape index (κ2) is 10.8. The molecule has 39 heavy (non-hydrogen) atoms. The number of aryl methyl sites for hydroxylation is 2. The third-order valence-corrected chi connectivity index (χ3v) is 7.93. The summed E-state index contributed by atoms with van der Waals surface area (Å²) in [6, 6.07) is 26.5.